The van der Waals surface area contributed by atoms with Crippen LogP contribution < -0.4 is 5.32 Å². The summed E-state index contributed by atoms with van der Waals surface area (Å²) in [6, 6.07) is 4.11. The largest absolute Gasteiger partial charge is 0.357 e. The van der Waals surface area contributed by atoms with Gasteiger partial charge in [0, 0.05) is 26.9 Å². The van der Waals surface area contributed by atoms with Crippen molar-refractivity contribution in [1.82, 2.24) is 10.2 Å². The predicted molar refractivity (Wildman–Crippen MR) is 83.5 cm³/mol. The molecule has 1 aromatic rings. The van der Waals surface area contributed by atoms with Crippen LogP contribution >= 0.6 is 0 Å². The summed E-state index contributed by atoms with van der Waals surface area (Å²) in [6.07, 6.45) is 1.16. The second-order valence-corrected chi connectivity index (χ2v) is 7.19. The number of aliphatic imine (C=N–C) groups is 1. The van der Waals surface area contributed by atoms with Gasteiger partial charge < -0.3 is 10.2 Å². The fourth-order valence-electron chi connectivity index (χ4n) is 1.84. The standard InChI is InChI=1S/C14H22FN3O2S/c1-5-16-14(18(2)3)17-9-12-8-13(15)7-6-11(12)10-21(4,19)20/h6-8H,5,9-10H2,1-4H3,(H,16,17). The Morgan fingerprint density at radius 1 is 1.33 bits per heavy atom. The highest BCUT2D eigenvalue weighted by Crippen LogP contribution is 2.15. The van der Waals surface area contributed by atoms with Crippen LogP contribution in [-0.2, 0) is 22.1 Å². The molecule has 0 aromatic heterocycles. The van der Waals surface area contributed by atoms with E-state index in [1.54, 1.807) is 0 Å². The fraction of sp³-hybridized carbons (Fsp3) is 0.500. The third kappa shape index (κ3) is 6.12. The van der Waals surface area contributed by atoms with E-state index >= 15 is 0 Å². The van der Waals surface area contributed by atoms with Crippen molar-refractivity contribution < 1.29 is 12.8 Å². The molecule has 0 amide bonds. The number of nitrogens with zero attached hydrogens (tertiary/aromatic N) is 2. The van der Waals surface area contributed by atoms with Gasteiger partial charge in [0.05, 0.1) is 12.3 Å². The molecule has 0 unspecified atom stereocenters. The van der Waals surface area contributed by atoms with E-state index < -0.39 is 15.7 Å². The third-order valence-electron chi connectivity index (χ3n) is 2.74. The van der Waals surface area contributed by atoms with E-state index in [2.05, 4.69) is 10.3 Å². The van der Waals surface area contributed by atoms with Crippen LogP contribution in [0.3, 0.4) is 0 Å². The third-order valence-corrected chi connectivity index (χ3v) is 3.58. The zero-order chi connectivity index (χ0) is 16.0. The summed E-state index contributed by atoms with van der Waals surface area (Å²) in [5.41, 5.74) is 1.16. The number of halogens is 1. The van der Waals surface area contributed by atoms with E-state index in [-0.39, 0.29) is 12.3 Å². The van der Waals surface area contributed by atoms with Gasteiger partial charge in [0.15, 0.2) is 15.8 Å². The van der Waals surface area contributed by atoms with Gasteiger partial charge >= 0.3 is 0 Å². The average Bonchev–Trinajstić information content (AvgIpc) is 2.35. The molecule has 21 heavy (non-hydrogen) atoms. The van der Waals surface area contributed by atoms with Crippen molar-refractivity contribution in [2.75, 3.05) is 26.9 Å². The quantitative estimate of drug-likeness (QED) is 0.659. The lowest BCUT2D eigenvalue weighted by atomic mass is 10.1. The molecule has 0 aliphatic heterocycles. The van der Waals surface area contributed by atoms with E-state index in [1.165, 1.54) is 18.2 Å². The molecule has 0 aliphatic rings. The zero-order valence-corrected chi connectivity index (χ0v) is 13.7. The van der Waals surface area contributed by atoms with Gasteiger partial charge in [-0.1, -0.05) is 6.07 Å². The lowest BCUT2D eigenvalue weighted by Gasteiger charge is -2.17. The molecular weight excluding hydrogens is 293 g/mol. The van der Waals surface area contributed by atoms with E-state index in [1.807, 2.05) is 25.9 Å². The summed E-state index contributed by atoms with van der Waals surface area (Å²) in [6.45, 7) is 2.90. The molecule has 0 heterocycles. The molecule has 1 rings (SSSR count). The van der Waals surface area contributed by atoms with Crippen LogP contribution in [0.25, 0.3) is 0 Å². The molecule has 0 bridgehead atoms. The first-order valence-corrected chi connectivity index (χ1v) is 8.69. The van der Waals surface area contributed by atoms with Crippen LogP contribution in [-0.4, -0.2) is 46.2 Å². The molecular formula is C14H22FN3O2S. The fourth-order valence-corrected chi connectivity index (χ4v) is 2.69. The number of hydrogen-bond donors (Lipinski definition) is 1. The Morgan fingerprint density at radius 2 is 2.00 bits per heavy atom. The monoisotopic (exact) mass is 315 g/mol. The highest BCUT2D eigenvalue weighted by atomic mass is 32.2. The second kappa shape index (κ2) is 7.40. The minimum atomic E-state index is -3.17. The predicted octanol–water partition coefficient (Wildman–Crippen LogP) is 1.40. The van der Waals surface area contributed by atoms with E-state index in [4.69, 9.17) is 0 Å². The molecule has 0 saturated heterocycles. The number of benzene rings is 1. The highest BCUT2D eigenvalue weighted by Gasteiger charge is 2.11. The summed E-state index contributed by atoms with van der Waals surface area (Å²) in [4.78, 5) is 6.20. The lowest BCUT2D eigenvalue weighted by Crippen LogP contribution is -2.36. The topological polar surface area (TPSA) is 61.8 Å². The van der Waals surface area contributed by atoms with Crippen molar-refractivity contribution in [3.8, 4) is 0 Å². The molecule has 0 radical (unpaired) electrons. The van der Waals surface area contributed by atoms with Crippen molar-refractivity contribution in [1.29, 1.82) is 0 Å². The molecule has 0 atom stereocenters. The Kier molecular flexibility index (Phi) is 6.14. The van der Waals surface area contributed by atoms with Gasteiger partial charge in [0.2, 0.25) is 0 Å². The Labute approximate surface area is 125 Å². The van der Waals surface area contributed by atoms with Crippen LogP contribution in [0.4, 0.5) is 4.39 Å². The summed E-state index contributed by atoms with van der Waals surface area (Å²) in [5.74, 6) is 0.163. The summed E-state index contributed by atoms with van der Waals surface area (Å²) in [5, 5.41) is 3.10. The SMILES string of the molecule is CCNC(=NCc1cc(F)ccc1CS(C)(=O)=O)N(C)C. The smallest absolute Gasteiger partial charge is 0.193 e. The molecule has 118 valence electrons. The van der Waals surface area contributed by atoms with Crippen LogP contribution in [0.1, 0.15) is 18.1 Å². The molecule has 7 heteroatoms. The Morgan fingerprint density at radius 3 is 2.52 bits per heavy atom. The maximum Gasteiger partial charge on any atom is 0.193 e. The first-order chi connectivity index (χ1) is 9.73. The average molecular weight is 315 g/mol. The van der Waals surface area contributed by atoms with Crippen molar-refractivity contribution in [2.24, 2.45) is 4.99 Å². The van der Waals surface area contributed by atoms with Gasteiger partial charge in [-0.15, -0.1) is 0 Å². The zero-order valence-electron chi connectivity index (χ0n) is 12.9. The summed E-state index contributed by atoms with van der Waals surface area (Å²) < 4.78 is 36.3. The molecule has 0 spiro atoms. The Balaban J connectivity index is 3.05. The first kappa shape index (κ1) is 17.4. The van der Waals surface area contributed by atoms with Crippen molar-refractivity contribution >= 4 is 15.8 Å². The molecule has 0 fully saturated rings. The van der Waals surface area contributed by atoms with Gasteiger partial charge in [0.1, 0.15) is 5.82 Å². The normalized spacial score (nSPS) is 12.3. The van der Waals surface area contributed by atoms with E-state index in [0.29, 0.717) is 17.1 Å². The maximum atomic E-state index is 13.4. The maximum absolute atomic E-state index is 13.4. The van der Waals surface area contributed by atoms with E-state index in [9.17, 15) is 12.8 Å². The second-order valence-electron chi connectivity index (χ2n) is 5.05. The number of sulfone groups is 1. The van der Waals surface area contributed by atoms with Crippen LogP contribution in [0.15, 0.2) is 23.2 Å². The number of rotatable bonds is 5. The van der Waals surface area contributed by atoms with Gasteiger partial charge in [-0.2, -0.15) is 0 Å². The van der Waals surface area contributed by atoms with Crippen molar-refractivity contribution in [3.05, 3.63) is 35.1 Å². The highest BCUT2D eigenvalue weighted by molar-refractivity contribution is 7.89. The van der Waals surface area contributed by atoms with Gasteiger partial charge in [-0.05, 0) is 30.2 Å². The van der Waals surface area contributed by atoms with Gasteiger partial charge in [-0.3, -0.25) is 0 Å². The Bertz CT molecular complexity index is 613. The lowest BCUT2D eigenvalue weighted by molar-refractivity contribution is 0.582. The van der Waals surface area contributed by atoms with Crippen LogP contribution in [0, 0.1) is 5.82 Å². The van der Waals surface area contributed by atoms with Gasteiger partial charge in [0.25, 0.3) is 0 Å². The molecule has 5 nitrogen and oxygen atoms in total. The van der Waals surface area contributed by atoms with Crippen LogP contribution in [0.2, 0.25) is 0 Å². The minimum absolute atomic E-state index is 0.114. The number of hydrogen-bond acceptors (Lipinski definition) is 3. The minimum Gasteiger partial charge on any atom is -0.357 e. The summed E-state index contributed by atoms with van der Waals surface area (Å²) >= 11 is 0. The number of nitrogens with one attached hydrogen (secondary N) is 1. The van der Waals surface area contributed by atoms with Crippen LogP contribution in [0.5, 0.6) is 0 Å². The molecule has 1 N–H and O–H groups in total. The van der Waals surface area contributed by atoms with E-state index in [0.717, 1.165) is 12.8 Å². The molecule has 1 aromatic carbocycles. The number of guanidine groups is 1. The summed E-state index contributed by atoms with van der Waals surface area (Å²) in [7, 11) is 0.529. The first-order valence-electron chi connectivity index (χ1n) is 6.63. The Hall–Kier alpha value is -1.63. The van der Waals surface area contributed by atoms with Gasteiger partial charge in [-0.25, -0.2) is 17.8 Å². The molecule has 0 saturated carbocycles. The van der Waals surface area contributed by atoms with Crippen molar-refractivity contribution in [2.45, 2.75) is 19.2 Å². The van der Waals surface area contributed by atoms with Crippen molar-refractivity contribution in [3.63, 3.8) is 0 Å². The molecule has 0 aliphatic carbocycles.